The van der Waals surface area contributed by atoms with E-state index in [1.807, 2.05) is 17.0 Å². The van der Waals surface area contributed by atoms with E-state index < -0.39 is 0 Å². The van der Waals surface area contributed by atoms with Crippen molar-refractivity contribution >= 4 is 23.5 Å². The number of anilines is 1. The molecule has 0 unspecified atom stereocenters. The van der Waals surface area contributed by atoms with Crippen molar-refractivity contribution in [1.82, 2.24) is 14.9 Å². The Balaban J connectivity index is 1.57. The van der Waals surface area contributed by atoms with E-state index in [1.54, 1.807) is 19.1 Å². The molecule has 0 saturated carbocycles. The fourth-order valence-electron chi connectivity index (χ4n) is 3.63. The highest BCUT2D eigenvalue weighted by Gasteiger charge is 2.27. The summed E-state index contributed by atoms with van der Waals surface area (Å²) in [5.74, 6) is 1.65. The number of benzene rings is 1. The molecule has 4 rings (SSSR count). The van der Waals surface area contributed by atoms with Crippen LogP contribution in [0.4, 0.5) is 5.95 Å². The molecule has 2 aliphatic rings. The molecule has 1 amide bonds. The molecule has 0 spiro atoms. The average Bonchev–Trinajstić information content (AvgIpc) is 2.78. The molecule has 0 bridgehead atoms. The van der Waals surface area contributed by atoms with Crippen LogP contribution in [-0.4, -0.2) is 67.8 Å². The second-order valence-corrected chi connectivity index (χ2v) is 7.33. The fourth-order valence-corrected chi connectivity index (χ4v) is 3.80. The van der Waals surface area contributed by atoms with Gasteiger partial charge in [-0.25, -0.2) is 9.97 Å². The highest BCUT2D eigenvalue weighted by molar-refractivity contribution is 6.33. The number of halogens is 1. The van der Waals surface area contributed by atoms with Gasteiger partial charge in [0.15, 0.2) is 17.2 Å². The third-order valence-corrected chi connectivity index (χ3v) is 5.51. The van der Waals surface area contributed by atoms with E-state index >= 15 is 0 Å². The lowest BCUT2D eigenvalue weighted by Gasteiger charge is -2.30. The molecule has 2 aromatic rings. The SMILES string of the molecule is COc1cc2c(cc1OC)CN(C(=O)c1nc(N3CCOCC3)ncc1Cl)CC2. The van der Waals surface area contributed by atoms with Gasteiger partial charge in [-0.3, -0.25) is 4.79 Å². The normalized spacial score (nSPS) is 16.4. The van der Waals surface area contributed by atoms with Crippen LogP contribution in [0, 0.1) is 0 Å². The maximum absolute atomic E-state index is 13.2. The average molecular weight is 419 g/mol. The minimum atomic E-state index is -0.202. The van der Waals surface area contributed by atoms with Gasteiger partial charge in [0.2, 0.25) is 5.95 Å². The Morgan fingerprint density at radius 3 is 2.48 bits per heavy atom. The second kappa shape index (κ2) is 8.42. The Morgan fingerprint density at radius 2 is 1.79 bits per heavy atom. The van der Waals surface area contributed by atoms with Gasteiger partial charge in [-0.2, -0.15) is 0 Å². The van der Waals surface area contributed by atoms with Crippen molar-refractivity contribution in [3.8, 4) is 11.5 Å². The summed E-state index contributed by atoms with van der Waals surface area (Å²) in [6.45, 7) is 3.64. The van der Waals surface area contributed by atoms with Crippen LogP contribution in [0.25, 0.3) is 0 Å². The molecule has 9 heteroatoms. The lowest BCUT2D eigenvalue weighted by Crippen LogP contribution is -2.39. The van der Waals surface area contributed by atoms with Crippen LogP contribution in [0.1, 0.15) is 21.6 Å². The summed E-state index contributed by atoms with van der Waals surface area (Å²) in [4.78, 5) is 25.7. The molecule has 0 radical (unpaired) electrons. The second-order valence-electron chi connectivity index (χ2n) is 6.92. The van der Waals surface area contributed by atoms with Crippen molar-refractivity contribution in [1.29, 1.82) is 0 Å². The number of carbonyl (C=O) groups is 1. The number of rotatable bonds is 4. The molecule has 0 aliphatic carbocycles. The van der Waals surface area contributed by atoms with Gasteiger partial charge in [0.1, 0.15) is 0 Å². The van der Waals surface area contributed by atoms with Crippen molar-refractivity contribution < 1.29 is 19.0 Å². The molecule has 0 atom stereocenters. The van der Waals surface area contributed by atoms with Crippen LogP contribution in [0.2, 0.25) is 5.02 Å². The van der Waals surface area contributed by atoms with Crippen molar-refractivity contribution in [2.75, 3.05) is 52.0 Å². The predicted octanol–water partition coefficient (Wildman–Crippen LogP) is 2.18. The Morgan fingerprint density at radius 1 is 1.10 bits per heavy atom. The van der Waals surface area contributed by atoms with Crippen LogP contribution in [-0.2, 0) is 17.7 Å². The minimum Gasteiger partial charge on any atom is -0.493 e. The molecule has 8 nitrogen and oxygen atoms in total. The number of fused-ring (bicyclic) bond motifs is 1. The van der Waals surface area contributed by atoms with E-state index in [0.29, 0.717) is 56.8 Å². The van der Waals surface area contributed by atoms with Crippen LogP contribution in [0.5, 0.6) is 11.5 Å². The Hall–Kier alpha value is -2.58. The molecule has 1 saturated heterocycles. The van der Waals surface area contributed by atoms with Crippen molar-refractivity contribution in [2.24, 2.45) is 0 Å². The summed E-state index contributed by atoms with van der Waals surface area (Å²) in [7, 11) is 3.22. The molecule has 0 N–H and O–H groups in total. The first-order valence-electron chi connectivity index (χ1n) is 9.49. The molecule has 29 heavy (non-hydrogen) atoms. The molecule has 2 aliphatic heterocycles. The van der Waals surface area contributed by atoms with E-state index in [0.717, 1.165) is 17.5 Å². The summed E-state index contributed by atoms with van der Waals surface area (Å²) in [6.07, 6.45) is 2.22. The number of carbonyl (C=O) groups excluding carboxylic acids is 1. The van der Waals surface area contributed by atoms with Gasteiger partial charge in [0.05, 0.1) is 38.7 Å². The minimum absolute atomic E-state index is 0.202. The van der Waals surface area contributed by atoms with E-state index in [1.165, 1.54) is 6.20 Å². The number of methoxy groups -OCH3 is 2. The summed E-state index contributed by atoms with van der Waals surface area (Å²) in [5, 5.41) is 0.255. The zero-order valence-corrected chi connectivity index (χ0v) is 17.2. The number of aromatic nitrogens is 2. The van der Waals surface area contributed by atoms with Crippen LogP contribution < -0.4 is 14.4 Å². The molecule has 154 valence electrons. The third-order valence-electron chi connectivity index (χ3n) is 5.23. The number of hydrogen-bond donors (Lipinski definition) is 0. The lowest BCUT2D eigenvalue weighted by atomic mass is 9.98. The Labute approximate surface area is 174 Å². The molecule has 1 aromatic carbocycles. The quantitative estimate of drug-likeness (QED) is 0.753. The molecule has 1 fully saturated rings. The topological polar surface area (TPSA) is 77.0 Å². The summed E-state index contributed by atoms with van der Waals surface area (Å²) < 4.78 is 16.1. The zero-order chi connectivity index (χ0) is 20.4. The summed E-state index contributed by atoms with van der Waals surface area (Å²) in [6, 6.07) is 3.90. The standard InChI is InChI=1S/C20H23ClN4O4/c1-27-16-9-13-3-4-25(12-14(13)10-17(16)28-2)19(26)18-15(21)11-22-20(23-18)24-5-7-29-8-6-24/h9-11H,3-8,12H2,1-2H3. The van der Waals surface area contributed by atoms with Gasteiger partial charge < -0.3 is 24.0 Å². The van der Waals surface area contributed by atoms with E-state index in [-0.39, 0.29) is 16.6 Å². The maximum Gasteiger partial charge on any atom is 0.274 e. The smallest absolute Gasteiger partial charge is 0.274 e. The number of amides is 1. The highest BCUT2D eigenvalue weighted by Crippen LogP contribution is 2.33. The summed E-state index contributed by atoms with van der Waals surface area (Å²) >= 11 is 6.28. The first kappa shape index (κ1) is 19.7. The van der Waals surface area contributed by atoms with Gasteiger partial charge in [-0.1, -0.05) is 11.6 Å². The van der Waals surface area contributed by atoms with Crippen molar-refractivity contribution in [2.45, 2.75) is 13.0 Å². The predicted molar refractivity (Wildman–Crippen MR) is 108 cm³/mol. The summed E-state index contributed by atoms with van der Waals surface area (Å²) in [5.41, 5.74) is 2.41. The van der Waals surface area contributed by atoms with Crippen molar-refractivity contribution in [3.05, 3.63) is 40.2 Å². The van der Waals surface area contributed by atoms with Gasteiger partial charge in [0.25, 0.3) is 5.91 Å². The highest BCUT2D eigenvalue weighted by atomic mass is 35.5. The number of ether oxygens (including phenoxy) is 3. The molecule has 3 heterocycles. The lowest BCUT2D eigenvalue weighted by molar-refractivity contribution is 0.0728. The Bertz CT molecular complexity index is 918. The van der Waals surface area contributed by atoms with E-state index in [2.05, 4.69) is 9.97 Å². The fraction of sp³-hybridized carbons (Fsp3) is 0.450. The van der Waals surface area contributed by atoms with Crippen LogP contribution in [0.15, 0.2) is 18.3 Å². The largest absolute Gasteiger partial charge is 0.493 e. The van der Waals surface area contributed by atoms with Gasteiger partial charge >= 0.3 is 0 Å². The third kappa shape index (κ3) is 3.95. The first-order chi connectivity index (χ1) is 14.1. The van der Waals surface area contributed by atoms with Gasteiger partial charge in [-0.15, -0.1) is 0 Å². The van der Waals surface area contributed by atoms with Gasteiger partial charge in [-0.05, 0) is 29.7 Å². The van der Waals surface area contributed by atoms with Crippen molar-refractivity contribution in [3.63, 3.8) is 0 Å². The monoisotopic (exact) mass is 418 g/mol. The number of nitrogens with zero attached hydrogens (tertiary/aromatic N) is 4. The van der Waals surface area contributed by atoms with Gasteiger partial charge in [0, 0.05) is 26.2 Å². The number of morpholine rings is 1. The Kier molecular flexibility index (Phi) is 5.73. The van der Waals surface area contributed by atoms with E-state index in [9.17, 15) is 4.79 Å². The zero-order valence-electron chi connectivity index (χ0n) is 16.5. The maximum atomic E-state index is 13.2. The molecular formula is C20H23ClN4O4. The molecular weight excluding hydrogens is 396 g/mol. The van der Waals surface area contributed by atoms with E-state index in [4.69, 9.17) is 25.8 Å². The molecule has 1 aromatic heterocycles. The number of hydrogen-bond acceptors (Lipinski definition) is 7. The van der Waals surface area contributed by atoms with Crippen LogP contribution >= 0.6 is 11.6 Å². The first-order valence-corrected chi connectivity index (χ1v) is 9.86. The van der Waals surface area contributed by atoms with Crippen LogP contribution in [0.3, 0.4) is 0 Å².